The second kappa shape index (κ2) is 10.1. The summed E-state index contributed by atoms with van der Waals surface area (Å²) in [7, 11) is -3.72. The Morgan fingerprint density at radius 1 is 0.806 bits per heavy atom. The summed E-state index contributed by atoms with van der Waals surface area (Å²) in [4.78, 5) is 12.7. The minimum absolute atomic E-state index is 0.0565. The summed E-state index contributed by atoms with van der Waals surface area (Å²) in [6.07, 6.45) is 0. The minimum atomic E-state index is -3.72. The second-order valence-corrected chi connectivity index (χ2v) is 9.25. The van der Waals surface area contributed by atoms with E-state index >= 15 is 0 Å². The van der Waals surface area contributed by atoms with Crippen LogP contribution in [0.25, 0.3) is 0 Å². The number of benzene rings is 3. The van der Waals surface area contributed by atoms with Crippen LogP contribution >= 0.6 is 0 Å². The molecule has 1 unspecified atom stereocenters. The molecule has 7 heteroatoms. The Morgan fingerprint density at radius 3 is 1.90 bits per heavy atom. The summed E-state index contributed by atoms with van der Waals surface area (Å²) in [5.74, 6) is 0.0533. The normalized spacial score (nSPS) is 12.2. The van der Waals surface area contributed by atoms with E-state index in [0.717, 1.165) is 5.69 Å². The average Bonchev–Trinajstić information content (AvgIpc) is 2.77. The standard InChI is InChI=1S/C24H27N3O3S/c1-18(2)23(26-20-9-5-3-6-10-20)17-25-24(28)19-13-15-22(16-14-19)31(29,30)27-21-11-7-4-8-12-21/h3-16,18,23,26-27H,17H2,1-2H3,(H,25,28). The Labute approximate surface area is 183 Å². The average molecular weight is 438 g/mol. The molecule has 0 radical (unpaired) electrons. The van der Waals surface area contributed by atoms with Gasteiger partial charge in [-0.25, -0.2) is 8.42 Å². The first-order chi connectivity index (χ1) is 14.8. The molecule has 3 aromatic rings. The van der Waals surface area contributed by atoms with E-state index in [4.69, 9.17) is 0 Å². The Morgan fingerprint density at radius 2 is 1.35 bits per heavy atom. The summed E-state index contributed by atoms with van der Waals surface area (Å²) < 4.78 is 27.6. The van der Waals surface area contributed by atoms with Crippen LogP contribution in [0.15, 0.2) is 89.8 Å². The second-order valence-electron chi connectivity index (χ2n) is 7.57. The quantitative estimate of drug-likeness (QED) is 0.464. The van der Waals surface area contributed by atoms with E-state index in [9.17, 15) is 13.2 Å². The lowest BCUT2D eigenvalue weighted by Gasteiger charge is -2.24. The fourth-order valence-electron chi connectivity index (χ4n) is 3.01. The third kappa shape index (κ3) is 6.33. The highest BCUT2D eigenvalue weighted by molar-refractivity contribution is 7.92. The van der Waals surface area contributed by atoms with E-state index in [1.807, 2.05) is 36.4 Å². The monoisotopic (exact) mass is 437 g/mol. The SMILES string of the molecule is CC(C)C(CNC(=O)c1ccc(S(=O)(=O)Nc2ccccc2)cc1)Nc1ccccc1. The maximum absolute atomic E-state index is 12.6. The summed E-state index contributed by atoms with van der Waals surface area (Å²) in [6, 6.07) is 24.5. The molecule has 0 bridgehead atoms. The van der Waals surface area contributed by atoms with Gasteiger partial charge >= 0.3 is 0 Å². The number of nitrogens with one attached hydrogen (secondary N) is 3. The Bertz CT molecular complexity index is 1080. The summed E-state index contributed by atoms with van der Waals surface area (Å²) in [6.45, 7) is 4.62. The lowest BCUT2D eigenvalue weighted by molar-refractivity contribution is 0.0950. The van der Waals surface area contributed by atoms with Crippen molar-refractivity contribution < 1.29 is 13.2 Å². The largest absolute Gasteiger partial charge is 0.380 e. The molecular weight excluding hydrogens is 410 g/mol. The first kappa shape index (κ1) is 22.4. The van der Waals surface area contributed by atoms with Gasteiger partial charge in [0.15, 0.2) is 0 Å². The number of para-hydroxylation sites is 2. The number of carbonyl (C=O) groups is 1. The molecule has 3 aromatic carbocycles. The van der Waals surface area contributed by atoms with E-state index in [-0.39, 0.29) is 16.8 Å². The van der Waals surface area contributed by atoms with Gasteiger partial charge in [0.2, 0.25) is 0 Å². The van der Waals surface area contributed by atoms with E-state index in [1.165, 1.54) is 24.3 Å². The molecule has 0 heterocycles. The van der Waals surface area contributed by atoms with Crippen LogP contribution < -0.4 is 15.4 Å². The van der Waals surface area contributed by atoms with Gasteiger partial charge in [-0.15, -0.1) is 0 Å². The molecule has 162 valence electrons. The maximum atomic E-state index is 12.6. The number of amides is 1. The van der Waals surface area contributed by atoms with Gasteiger partial charge in [0, 0.05) is 29.5 Å². The molecule has 0 aliphatic carbocycles. The van der Waals surface area contributed by atoms with Crippen LogP contribution in [0.2, 0.25) is 0 Å². The highest BCUT2D eigenvalue weighted by atomic mass is 32.2. The van der Waals surface area contributed by atoms with E-state index in [2.05, 4.69) is 29.2 Å². The van der Waals surface area contributed by atoms with Crippen LogP contribution in [0.3, 0.4) is 0 Å². The molecule has 0 fully saturated rings. The van der Waals surface area contributed by atoms with Crippen molar-refractivity contribution in [2.24, 2.45) is 5.92 Å². The van der Waals surface area contributed by atoms with Gasteiger partial charge in [-0.05, 0) is 54.4 Å². The molecule has 0 spiro atoms. The zero-order valence-electron chi connectivity index (χ0n) is 17.6. The number of rotatable bonds is 9. The van der Waals surface area contributed by atoms with Gasteiger partial charge in [-0.2, -0.15) is 0 Å². The van der Waals surface area contributed by atoms with Gasteiger partial charge in [0.1, 0.15) is 0 Å². The molecule has 1 amide bonds. The minimum Gasteiger partial charge on any atom is -0.380 e. The Hall–Kier alpha value is -3.32. The Balaban J connectivity index is 1.61. The van der Waals surface area contributed by atoms with E-state index < -0.39 is 10.0 Å². The van der Waals surface area contributed by atoms with Crippen LogP contribution in [0.5, 0.6) is 0 Å². The van der Waals surface area contributed by atoms with Gasteiger partial charge in [0.25, 0.3) is 15.9 Å². The van der Waals surface area contributed by atoms with Gasteiger partial charge in [0.05, 0.1) is 4.90 Å². The lowest BCUT2D eigenvalue weighted by atomic mass is 10.0. The molecule has 0 saturated heterocycles. The van der Waals surface area contributed by atoms with Crippen molar-refractivity contribution in [2.45, 2.75) is 24.8 Å². The summed E-state index contributed by atoms with van der Waals surface area (Å²) >= 11 is 0. The van der Waals surface area contributed by atoms with E-state index in [1.54, 1.807) is 24.3 Å². The molecular formula is C24H27N3O3S. The van der Waals surface area contributed by atoms with Crippen molar-refractivity contribution in [3.8, 4) is 0 Å². The van der Waals surface area contributed by atoms with Gasteiger partial charge < -0.3 is 10.6 Å². The highest BCUT2D eigenvalue weighted by Gasteiger charge is 2.17. The van der Waals surface area contributed by atoms with Crippen LogP contribution in [-0.2, 0) is 10.0 Å². The predicted octanol–water partition coefficient (Wildman–Crippen LogP) is 4.35. The Kier molecular flexibility index (Phi) is 7.31. The third-order valence-electron chi connectivity index (χ3n) is 4.87. The maximum Gasteiger partial charge on any atom is 0.261 e. The van der Waals surface area contributed by atoms with Crippen LogP contribution in [0.1, 0.15) is 24.2 Å². The molecule has 3 rings (SSSR count). The predicted molar refractivity (Wildman–Crippen MR) is 125 cm³/mol. The van der Waals surface area contributed by atoms with Gasteiger partial charge in [-0.1, -0.05) is 50.2 Å². The lowest BCUT2D eigenvalue weighted by Crippen LogP contribution is -2.39. The molecule has 31 heavy (non-hydrogen) atoms. The molecule has 3 N–H and O–H groups in total. The van der Waals surface area contributed by atoms with Crippen molar-refractivity contribution in [1.82, 2.24) is 5.32 Å². The molecule has 0 saturated carbocycles. The fraction of sp³-hybridized carbons (Fsp3) is 0.208. The van der Waals surface area contributed by atoms with Gasteiger partial charge in [-0.3, -0.25) is 9.52 Å². The van der Waals surface area contributed by atoms with Crippen molar-refractivity contribution in [3.63, 3.8) is 0 Å². The number of carbonyl (C=O) groups excluding carboxylic acids is 1. The van der Waals surface area contributed by atoms with E-state index in [0.29, 0.717) is 23.7 Å². The third-order valence-corrected chi connectivity index (χ3v) is 6.26. The first-order valence-electron chi connectivity index (χ1n) is 10.1. The van der Waals surface area contributed by atoms with Crippen LogP contribution in [-0.4, -0.2) is 26.9 Å². The smallest absolute Gasteiger partial charge is 0.261 e. The van der Waals surface area contributed by atoms with Crippen molar-refractivity contribution >= 4 is 27.3 Å². The molecule has 6 nitrogen and oxygen atoms in total. The first-order valence-corrected chi connectivity index (χ1v) is 11.6. The molecule has 1 atom stereocenters. The number of sulfonamides is 1. The fourth-order valence-corrected chi connectivity index (χ4v) is 4.07. The number of anilines is 2. The van der Waals surface area contributed by atoms with Crippen molar-refractivity contribution in [2.75, 3.05) is 16.6 Å². The highest BCUT2D eigenvalue weighted by Crippen LogP contribution is 2.17. The number of hydrogen-bond donors (Lipinski definition) is 3. The molecule has 0 aliphatic rings. The zero-order valence-corrected chi connectivity index (χ0v) is 18.4. The summed E-state index contributed by atoms with van der Waals surface area (Å²) in [5, 5.41) is 6.37. The molecule has 0 aromatic heterocycles. The molecule has 0 aliphatic heterocycles. The van der Waals surface area contributed by atoms with Crippen molar-refractivity contribution in [1.29, 1.82) is 0 Å². The van der Waals surface area contributed by atoms with Crippen LogP contribution in [0.4, 0.5) is 11.4 Å². The van der Waals surface area contributed by atoms with Crippen molar-refractivity contribution in [3.05, 3.63) is 90.5 Å². The number of hydrogen-bond acceptors (Lipinski definition) is 4. The topological polar surface area (TPSA) is 87.3 Å². The zero-order chi connectivity index (χ0) is 22.3. The van der Waals surface area contributed by atoms with Crippen LogP contribution in [0, 0.1) is 5.92 Å². The summed E-state index contributed by atoms with van der Waals surface area (Å²) in [5.41, 5.74) is 1.88.